The molecule has 216 valence electrons. The monoisotopic (exact) mass is 630 g/mol. The molecule has 3 saturated heterocycles. The maximum atomic E-state index is 13.6. The molecule has 5 atom stereocenters. The highest BCUT2D eigenvalue weighted by Crippen LogP contribution is 2.48. The van der Waals surface area contributed by atoms with Crippen LogP contribution in [0.5, 0.6) is 5.75 Å². The molecule has 3 fully saturated rings. The van der Waals surface area contributed by atoms with Crippen molar-refractivity contribution in [3.8, 4) is 5.75 Å². The molecule has 3 aliphatic rings. The summed E-state index contributed by atoms with van der Waals surface area (Å²) in [5, 5.41) is 12.5. The number of ether oxygens (including phenoxy) is 1. The molecule has 3 aliphatic heterocycles. The van der Waals surface area contributed by atoms with E-state index in [4.69, 9.17) is 4.74 Å². The number of aliphatic hydroxyl groups excluding tert-OH is 1. The maximum Gasteiger partial charge on any atom is 0.416 e. The van der Waals surface area contributed by atoms with E-state index in [1.54, 1.807) is 30.5 Å². The van der Waals surface area contributed by atoms with Gasteiger partial charge in [-0.1, -0.05) is 6.08 Å². The second-order valence-electron chi connectivity index (χ2n) is 10.7. The molecule has 3 aromatic rings. The van der Waals surface area contributed by atoms with Crippen LogP contribution in [0.1, 0.15) is 41.2 Å². The standard InChI is InChI=1S/C29H29F6N2O2.BrH/c1-3-18-16-37(15-17-10-20(28(30,31)32)13-21(11-17)29(33,34)35)9-7-19(18)12-26(37)27(38)23-6-8-36-25-5-4-22(39-2)14-24(23)25;/h3-6,8,10-11,13-14,18-19,26-27,38H,1,7,9,12,15-16H2,2H3;1H/q+1;/p-1/t18-,19-,26-,27-,37?;/m1./s1. The topological polar surface area (TPSA) is 42.4 Å². The zero-order valence-electron chi connectivity index (χ0n) is 21.6. The Morgan fingerprint density at radius 1 is 1.07 bits per heavy atom. The molecule has 0 saturated carbocycles. The van der Waals surface area contributed by atoms with Crippen LogP contribution in [0.4, 0.5) is 26.3 Å². The van der Waals surface area contributed by atoms with Crippen molar-refractivity contribution in [1.29, 1.82) is 0 Å². The van der Waals surface area contributed by atoms with Crippen LogP contribution < -0.4 is 21.7 Å². The maximum absolute atomic E-state index is 13.6. The summed E-state index contributed by atoms with van der Waals surface area (Å²) in [5.74, 6) is 0.843. The normalized spacial score (nSPS) is 25.4. The van der Waals surface area contributed by atoms with E-state index >= 15 is 0 Å². The van der Waals surface area contributed by atoms with Crippen molar-refractivity contribution < 1.29 is 57.7 Å². The van der Waals surface area contributed by atoms with Crippen molar-refractivity contribution in [2.24, 2.45) is 11.8 Å². The highest BCUT2D eigenvalue weighted by Gasteiger charge is 2.54. The number of halogens is 7. The largest absolute Gasteiger partial charge is 1.00 e. The predicted molar refractivity (Wildman–Crippen MR) is 134 cm³/mol. The lowest BCUT2D eigenvalue weighted by atomic mass is 9.71. The van der Waals surface area contributed by atoms with Gasteiger partial charge in [0.15, 0.2) is 0 Å². The molecule has 1 aromatic heterocycles. The number of aliphatic hydroxyl groups is 1. The smallest absolute Gasteiger partial charge is 0.416 e. The molecule has 4 nitrogen and oxygen atoms in total. The van der Waals surface area contributed by atoms with E-state index in [2.05, 4.69) is 11.6 Å². The number of benzene rings is 2. The average Bonchev–Trinajstić information content (AvgIpc) is 2.90. The average molecular weight is 631 g/mol. The van der Waals surface area contributed by atoms with Crippen molar-refractivity contribution in [2.45, 2.75) is 43.9 Å². The van der Waals surface area contributed by atoms with Gasteiger partial charge in [-0.2, -0.15) is 26.3 Å². The Hall–Kier alpha value is -2.63. The minimum absolute atomic E-state index is 0. The minimum atomic E-state index is -4.93. The van der Waals surface area contributed by atoms with Crippen molar-refractivity contribution in [2.75, 3.05) is 20.2 Å². The number of aromatic nitrogens is 1. The first-order chi connectivity index (χ1) is 18.3. The SMILES string of the molecule is C=C[C@@H]1C[N+]2(Cc3cc(C(F)(F)F)cc(C(F)(F)F)c3)CC[C@@H]1C[C@@H]2[C@H](O)c1ccnc2ccc(OC)cc12.[Br-]. The van der Waals surface area contributed by atoms with Crippen molar-refractivity contribution in [1.82, 2.24) is 4.98 Å². The lowest BCUT2D eigenvalue weighted by Crippen LogP contribution is -3.00. The Balaban J connectivity index is 0.00000370. The zero-order valence-corrected chi connectivity index (χ0v) is 23.2. The van der Waals surface area contributed by atoms with Gasteiger partial charge in [0.2, 0.25) is 0 Å². The Labute approximate surface area is 238 Å². The minimum Gasteiger partial charge on any atom is -1.00 e. The van der Waals surface area contributed by atoms with Gasteiger partial charge >= 0.3 is 12.4 Å². The molecule has 1 N–H and O–H groups in total. The summed E-state index contributed by atoms with van der Waals surface area (Å²) in [6, 6.07) is 8.34. The molecule has 0 amide bonds. The van der Waals surface area contributed by atoms with Gasteiger partial charge in [0.05, 0.1) is 36.8 Å². The van der Waals surface area contributed by atoms with E-state index in [-0.39, 0.29) is 51.5 Å². The molecular weight excluding hydrogens is 602 g/mol. The van der Waals surface area contributed by atoms with Crippen LogP contribution in [0.15, 0.2) is 61.3 Å². The molecule has 0 radical (unpaired) electrons. The second-order valence-corrected chi connectivity index (χ2v) is 10.7. The van der Waals surface area contributed by atoms with Crippen molar-refractivity contribution in [3.05, 3.63) is 83.6 Å². The molecule has 40 heavy (non-hydrogen) atoms. The quantitative estimate of drug-likeness (QED) is 0.255. The first-order valence-corrected chi connectivity index (χ1v) is 12.7. The molecule has 6 rings (SSSR count). The number of hydrogen-bond acceptors (Lipinski definition) is 3. The molecule has 2 aromatic carbocycles. The van der Waals surface area contributed by atoms with Gasteiger partial charge in [0.25, 0.3) is 0 Å². The Bertz CT molecular complexity index is 1360. The Morgan fingerprint density at radius 3 is 2.35 bits per heavy atom. The number of hydrogen-bond donors (Lipinski definition) is 1. The summed E-state index contributed by atoms with van der Waals surface area (Å²) in [4.78, 5) is 4.37. The molecular formula is C29H29BrF6N2O2. The van der Waals surface area contributed by atoms with Crippen LogP contribution in [-0.4, -0.2) is 40.8 Å². The van der Waals surface area contributed by atoms with Gasteiger partial charge in [0, 0.05) is 35.9 Å². The Morgan fingerprint density at radius 2 is 1.75 bits per heavy atom. The Kier molecular flexibility index (Phi) is 8.33. The molecule has 1 unspecified atom stereocenters. The van der Waals surface area contributed by atoms with Gasteiger partial charge in [-0.15, -0.1) is 6.58 Å². The third-order valence-corrected chi connectivity index (χ3v) is 8.49. The van der Waals surface area contributed by atoms with Crippen LogP contribution in [-0.2, 0) is 18.9 Å². The van der Waals surface area contributed by atoms with Crippen LogP contribution in [0.25, 0.3) is 10.9 Å². The van der Waals surface area contributed by atoms with E-state index < -0.39 is 35.6 Å². The molecule has 11 heteroatoms. The number of fused-ring (bicyclic) bond motifs is 4. The van der Waals surface area contributed by atoms with E-state index in [9.17, 15) is 31.4 Å². The number of nitrogens with zero attached hydrogens (tertiary/aromatic N) is 2. The van der Waals surface area contributed by atoms with E-state index in [0.717, 1.165) is 18.6 Å². The van der Waals surface area contributed by atoms with Crippen LogP contribution in [0.2, 0.25) is 0 Å². The van der Waals surface area contributed by atoms with Gasteiger partial charge in [-0.05, 0) is 53.9 Å². The third-order valence-electron chi connectivity index (χ3n) is 8.49. The van der Waals surface area contributed by atoms with E-state index in [0.29, 0.717) is 41.7 Å². The van der Waals surface area contributed by atoms with Crippen molar-refractivity contribution in [3.63, 3.8) is 0 Å². The van der Waals surface area contributed by atoms with Gasteiger partial charge in [0.1, 0.15) is 24.4 Å². The first kappa shape index (κ1) is 30.3. The van der Waals surface area contributed by atoms with Gasteiger partial charge in [-0.25, -0.2) is 0 Å². The molecule has 0 aliphatic carbocycles. The number of rotatable bonds is 6. The number of pyridine rings is 1. The lowest BCUT2D eigenvalue weighted by molar-refractivity contribution is -0.984. The fourth-order valence-corrected chi connectivity index (χ4v) is 6.59. The second kappa shape index (κ2) is 11.0. The van der Waals surface area contributed by atoms with E-state index in [1.807, 2.05) is 6.08 Å². The highest BCUT2D eigenvalue weighted by atomic mass is 79.9. The summed E-state index contributed by atoms with van der Waals surface area (Å²) in [7, 11) is 1.53. The number of methoxy groups -OCH3 is 1. The molecule has 0 spiro atoms. The van der Waals surface area contributed by atoms with Gasteiger partial charge in [-0.3, -0.25) is 4.98 Å². The fraction of sp³-hybridized carbons (Fsp3) is 0.414. The molecule has 4 heterocycles. The van der Waals surface area contributed by atoms with E-state index in [1.165, 1.54) is 7.11 Å². The summed E-state index contributed by atoms with van der Waals surface area (Å²) in [6.07, 6.45) is -6.16. The van der Waals surface area contributed by atoms with Crippen LogP contribution in [0.3, 0.4) is 0 Å². The summed E-state index contributed by atoms with van der Waals surface area (Å²) < 4.78 is 87.2. The first-order valence-electron chi connectivity index (χ1n) is 12.7. The zero-order chi connectivity index (χ0) is 28.2. The summed E-state index contributed by atoms with van der Waals surface area (Å²) in [6.45, 7) is 4.86. The number of piperidine rings is 3. The summed E-state index contributed by atoms with van der Waals surface area (Å²) >= 11 is 0. The van der Waals surface area contributed by atoms with Crippen LogP contribution >= 0.6 is 0 Å². The van der Waals surface area contributed by atoms with Crippen molar-refractivity contribution >= 4 is 10.9 Å². The van der Waals surface area contributed by atoms with Crippen LogP contribution in [0, 0.1) is 11.8 Å². The third kappa shape index (κ3) is 5.60. The highest BCUT2D eigenvalue weighted by molar-refractivity contribution is 5.83. The fourth-order valence-electron chi connectivity index (χ4n) is 6.59. The molecule has 2 bridgehead atoms. The lowest BCUT2D eigenvalue weighted by Gasteiger charge is -2.58. The predicted octanol–water partition coefficient (Wildman–Crippen LogP) is 3.93. The summed E-state index contributed by atoms with van der Waals surface area (Å²) in [5.41, 5.74) is -1.47. The number of alkyl halides is 6. The van der Waals surface area contributed by atoms with Gasteiger partial charge < -0.3 is 31.3 Å². The number of quaternary nitrogens is 1.